The number of carbonyl (C=O) groups excluding carboxylic acids is 3. The van der Waals surface area contributed by atoms with E-state index in [2.05, 4.69) is 15.8 Å². The normalized spacial score (nSPS) is 11.5. The summed E-state index contributed by atoms with van der Waals surface area (Å²) < 4.78 is 15.5. The van der Waals surface area contributed by atoms with Crippen molar-refractivity contribution in [1.29, 1.82) is 0 Å². The Balaban J connectivity index is 1.78. The molecule has 2 amide bonds. The lowest BCUT2D eigenvalue weighted by Gasteiger charge is -2.13. The number of ether oxygens (including phenoxy) is 3. The van der Waals surface area contributed by atoms with Gasteiger partial charge in [-0.25, -0.2) is 10.2 Å². The van der Waals surface area contributed by atoms with Gasteiger partial charge in [-0.3, -0.25) is 9.59 Å². The average molecular weight is 427 g/mol. The Morgan fingerprint density at radius 2 is 1.81 bits per heavy atom. The van der Waals surface area contributed by atoms with Crippen molar-refractivity contribution in [3.63, 3.8) is 0 Å². The van der Waals surface area contributed by atoms with Gasteiger partial charge < -0.3 is 19.5 Å². The third kappa shape index (κ3) is 8.17. The number of nitrogens with zero attached hydrogens (tertiary/aromatic N) is 1. The lowest BCUT2D eigenvalue weighted by molar-refractivity contribution is -0.150. The number of hydrogen-bond donors (Lipinski definition) is 2. The van der Waals surface area contributed by atoms with E-state index in [1.54, 1.807) is 62.4 Å². The number of methoxy groups -OCH3 is 1. The van der Waals surface area contributed by atoms with Crippen LogP contribution in [0.2, 0.25) is 0 Å². The Labute approximate surface area is 180 Å². The molecule has 0 aliphatic heterocycles. The molecule has 0 saturated heterocycles. The second-order valence-electron chi connectivity index (χ2n) is 6.33. The third-order valence-corrected chi connectivity index (χ3v) is 3.89. The average Bonchev–Trinajstić information content (AvgIpc) is 2.75. The van der Waals surface area contributed by atoms with Crippen LogP contribution in [0.3, 0.4) is 0 Å². The van der Waals surface area contributed by atoms with Crippen molar-refractivity contribution < 1.29 is 28.6 Å². The molecular formula is C22H25N3O6. The van der Waals surface area contributed by atoms with Crippen LogP contribution in [0.25, 0.3) is 0 Å². The Kier molecular flexibility index (Phi) is 9.03. The smallest absolute Gasteiger partial charge is 0.347 e. The van der Waals surface area contributed by atoms with E-state index >= 15 is 0 Å². The highest BCUT2D eigenvalue weighted by atomic mass is 16.6. The van der Waals surface area contributed by atoms with Crippen LogP contribution in [-0.4, -0.2) is 43.8 Å². The van der Waals surface area contributed by atoms with E-state index in [0.29, 0.717) is 22.7 Å². The molecule has 1 atom stereocenters. The fraction of sp³-hybridized carbons (Fsp3) is 0.273. The molecule has 9 nitrogen and oxygen atoms in total. The van der Waals surface area contributed by atoms with Crippen LogP contribution < -0.4 is 20.2 Å². The summed E-state index contributed by atoms with van der Waals surface area (Å²) in [4.78, 5) is 35.4. The molecule has 2 N–H and O–H groups in total. The van der Waals surface area contributed by atoms with Crippen molar-refractivity contribution in [2.45, 2.75) is 26.4 Å². The Morgan fingerprint density at radius 1 is 1.06 bits per heavy atom. The number of carbonyl (C=O) groups is 3. The molecular weight excluding hydrogens is 402 g/mol. The van der Waals surface area contributed by atoms with E-state index in [9.17, 15) is 14.4 Å². The van der Waals surface area contributed by atoms with Crippen molar-refractivity contribution in [3.05, 3.63) is 54.1 Å². The quantitative estimate of drug-likeness (QED) is 0.261. The van der Waals surface area contributed by atoms with E-state index in [1.807, 2.05) is 0 Å². The number of esters is 1. The molecule has 2 aromatic carbocycles. The summed E-state index contributed by atoms with van der Waals surface area (Å²) in [6.07, 6.45) is 0.325. The molecule has 0 radical (unpaired) electrons. The largest absolute Gasteiger partial charge is 0.497 e. The number of amides is 2. The zero-order chi connectivity index (χ0) is 22.6. The second kappa shape index (κ2) is 12.0. The van der Waals surface area contributed by atoms with Crippen LogP contribution in [0.1, 0.15) is 25.8 Å². The molecule has 0 aromatic heterocycles. The number of rotatable bonds is 10. The van der Waals surface area contributed by atoms with Crippen molar-refractivity contribution >= 4 is 29.7 Å². The van der Waals surface area contributed by atoms with Crippen LogP contribution in [0.5, 0.6) is 11.5 Å². The van der Waals surface area contributed by atoms with Crippen LogP contribution in [0.4, 0.5) is 5.69 Å². The summed E-state index contributed by atoms with van der Waals surface area (Å²) in [5, 5.41) is 6.45. The SMILES string of the molecule is CCOC(=O)C(C)Oc1ccc(C=NNC(=O)CC(=O)Nc2cccc(OC)c2)cc1. The van der Waals surface area contributed by atoms with E-state index < -0.39 is 23.9 Å². The van der Waals surface area contributed by atoms with E-state index in [4.69, 9.17) is 14.2 Å². The van der Waals surface area contributed by atoms with Gasteiger partial charge in [-0.05, 0) is 55.8 Å². The first-order valence-electron chi connectivity index (χ1n) is 9.60. The van der Waals surface area contributed by atoms with Gasteiger partial charge in [0.2, 0.25) is 11.8 Å². The van der Waals surface area contributed by atoms with Crippen LogP contribution in [0, 0.1) is 0 Å². The maximum atomic E-state index is 12.0. The first-order chi connectivity index (χ1) is 14.9. The maximum Gasteiger partial charge on any atom is 0.347 e. The van der Waals surface area contributed by atoms with Crippen LogP contribution in [0.15, 0.2) is 53.6 Å². The molecule has 0 aliphatic rings. The van der Waals surface area contributed by atoms with Crippen LogP contribution >= 0.6 is 0 Å². The molecule has 0 fully saturated rings. The molecule has 2 rings (SSSR count). The van der Waals surface area contributed by atoms with Gasteiger partial charge in [0, 0.05) is 11.8 Å². The van der Waals surface area contributed by atoms with E-state index in [0.717, 1.165) is 0 Å². The number of benzene rings is 2. The van der Waals surface area contributed by atoms with Gasteiger partial charge in [0.05, 0.1) is 19.9 Å². The van der Waals surface area contributed by atoms with Crippen LogP contribution in [-0.2, 0) is 19.1 Å². The minimum atomic E-state index is -0.720. The molecule has 0 spiro atoms. The number of hydrogen-bond acceptors (Lipinski definition) is 7. The van der Waals surface area contributed by atoms with Gasteiger partial charge in [0.15, 0.2) is 6.10 Å². The fourth-order valence-corrected chi connectivity index (χ4v) is 2.41. The van der Waals surface area contributed by atoms with E-state index in [-0.39, 0.29) is 13.0 Å². The summed E-state index contributed by atoms with van der Waals surface area (Å²) in [6, 6.07) is 13.6. The zero-order valence-corrected chi connectivity index (χ0v) is 17.6. The summed E-state index contributed by atoms with van der Waals surface area (Å²) in [5.41, 5.74) is 3.52. The molecule has 0 saturated carbocycles. The lowest BCUT2D eigenvalue weighted by Crippen LogP contribution is -2.26. The molecule has 164 valence electrons. The van der Waals surface area contributed by atoms with E-state index in [1.165, 1.54) is 13.3 Å². The van der Waals surface area contributed by atoms with Crippen molar-refractivity contribution in [1.82, 2.24) is 5.43 Å². The molecule has 0 heterocycles. The first-order valence-corrected chi connectivity index (χ1v) is 9.60. The second-order valence-corrected chi connectivity index (χ2v) is 6.33. The fourth-order valence-electron chi connectivity index (χ4n) is 2.41. The molecule has 0 bridgehead atoms. The Hall–Kier alpha value is -3.88. The van der Waals surface area contributed by atoms with Gasteiger partial charge in [0.25, 0.3) is 0 Å². The number of anilines is 1. The van der Waals surface area contributed by atoms with Gasteiger partial charge in [-0.15, -0.1) is 0 Å². The Bertz CT molecular complexity index is 927. The molecule has 9 heteroatoms. The predicted molar refractivity (Wildman–Crippen MR) is 115 cm³/mol. The maximum absolute atomic E-state index is 12.0. The zero-order valence-electron chi connectivity index (χ0n) is 17.6. The van der Waals surface area contributed by atoms with Gasteiger partial charge in [-0.2, -0.15) is 5.10 Å². The number of hydrazone groups is 1. The summed E-state index contributed by atoms with van der Waals surface area (Å²) in [6.45, 7) is 3.62. The minimum absolute atomic E-state index is 0.288. The third-order valence-electron chi connectivity index (χ3n) is 3.89. The van der Waals surface area contributed by atoms with Crippen molar-refractivity contribution in [2.75, 3.05) is 19.0 Å². The molecule has 0 aliphatic carbocycles. The van der Waals surface area contributed by atoms with Crippen molar-refractivity contribution in [3.8, 4) is 11.5 Å². The van der Waals surface area contributed by atoms with Gasteiger partial charge in [0.1, 0.15) is 17.9 Å². The van der Waals surface area contributed by atoms with Crippen molar-refractivity contribution in [2.24, 2.45) is 5.10 Å². The highest BCUT2D eigenvalue weighted by Crippen LogP contribution is 2.17. The highest BCUT2D eigenvalue weighted by Gasteiger charge is 2.15. The molecule has 31 heavy (non-hydrogen) atoms. The summed E-state index contributed by atoms with van der Waals surface area (Å²) in [5.74, 6) is -0.376. The van der Waals surface area contributed by atoms with Gasteiger partial charge >= 0.3 is 5.97 Å². The molecule has 2 aromatic rings. The van der Waals surface area contributed by atoms with Gasteiger partial charge in [-0.1, -0.05) is 6.07 Å². The standard InChI is InChI=1S/C22H25N3O6/c1-4-30-22(28)15(2)31-18-10-8-16(9-11-18)14-23-25-21(27)13-20(26)24-17-6-5-7-19(12-17)29-3/h5-12,14-15H,4,13H2,1-3H3,(H,24,26)(H,25,27). The summed E-state index contributed by atoms with van der Waals surface area (Å²) in [7, 11) is 1.52. The minimum Gasteiger partial charge on any atom is -0.497 e. The lowest BCUT2D eigenvalue weighted by atomic mass is 10.2. The highest BCUT2D eigenvalue weighted by molar-refractivity contribution is 6.03. The topological polar surface area (TPSA) is 115 Å². The molecule has 1 unspecified atom stereocenters. The predicted octanol–water partition coefficient (Wildman–Crippen LogP) is 2.50. The monoisotopic (exact) mass is 427 g/mol. The number of nitrogens with one attached hydrogen (secondary N) is 2. The summed E-state index contributed by atoms with van der Waals surface area (Å²) >= 11 is 0. The Morgan fingerprint density at radius 3 is 2.48 bits per heavy atom. The first kappa shape index (κ1) is 23.4.